The van der Waals surface area contributed by atoms with E-state index in [1.54, 1.807) is 0 Å². The molecule has 2 heterocycles. The molecular formula is C18H23NO5S. The SMILES string of the molecule is O=C(CC(c1ccc2c(c1)OCCO2)C1CC1)NC1CCS(=O)(=O)C1. The van der Waals surface area contributed by atoms with E-state index < -0.39 is 9.84 Å². The molecule has 1 saturated heterocycles. The normalized spacial score (nSPS) is 25.4. The van der Waals surface area contributed by atoms with E-state index >= 15 is 0 Å². The van der Waals surface area contributed by atoms with E-state index in [-0.39, 0.29) is 29.4 Å². The Balaban J connectivity index is 1.44. The summed E-state index contributed by atoms with van der Waals surface area (Å²) in [6.07, 6.45) is 3.17. The average Bonchev–Trinajstić information content (AvgIpc) is 3.36. The first kappa shape index (κ1) is 16.7. The highest BCUT2D eigenvalue weighted by Crippen LogP contribution is 2.46. The fraction of sp³-hybridized carbons (Fsp3) is 0.611. The minimum atomic E-state index is -2.98. The molecule has 2 aliphatic heterocycles. The monoisotopic (exact) mass is 365 g/mol. The molecule has 1 saturated carbocycles. The molecule has 0 aromatic heterocycles. The number of amides is 1. The molecule has 25 heavy (non-hydrogen) atoms. The van der Waals surface area contributed by atoms with Gasteiger partial charge in [0.25, 0.3) is 0 Å². The van der Waals surface area contributed by atoms with Crippen LogP contribution in [0.3, 0.4) is 0 Å². The topological polar surface area (TPSA) is 81.7 Å². The molecule has 0 spiro atoms. The maximum absolute atomic E-state index is 12.5. The van der Waals surface area contributed by atoms with Gasteiger partial charge in [0.2, 0.25) is 5.91 Å². The molecule has 1 N–H and O–H groups in total. The summed E-state index contributed by atoms with van der Waals surface area (Å²) in [6.45, 7) is 1.10. The number of hydrogen-bond acceptors (Lipinski definition) is 5. The van der Waals surface area contributed by atoms with Crippen LogP contribution in [0, 0.1) is 5.92 Å². The summed E-state index contributed by atoms with van der Waals surface area (Å²) < 4.78 is 34.3. The molecular weight excluding hydrogens is 342 g/mol. The Bertz CT molecular complexity index is 772. The predicted octanol–water partition coefficient (Wildman–Crippen LogP) is 1.64. The third-order valence-electron chi connectivity index (χ3n) is 5.19. The molecule has 4 rings (SSSR count). The van der Waals surface area contributed by atoms with Crippen molar-refractivity contribution >= 4 is 15.7 Å². The third kappa shape index (κ3) is 3.92. The number of carbonyl (C=O) groups excluding carboxylic acids is 1. The Morgan fingerprint density at radius 3 is 2.60 bits per heavy atom. The van der Waals surface area contributed by atoms with Crippen molar-refractivity contribution in [2.24, 2.45) is 5.92 Å². The second-order valence-electron chi connectivity index (χ2n) is 7.22. The van der Waals surface area contributed by atoms with Crippen molar-refractivity contribution in [2.45, 2.75) is 37.6 Å². The second-order valence-corrected chi connectivity index (χ2v) is 9.45. The molecule has 2 atom stereocenters. The van der Waals surface area contributed by atoms with Gasteiger partial charge in [-0.15, -0.1) is 0 Å². The summed E-state index contributed by atoms with van der Waals surface area (Å²) in [7, 11) is -2.98. The van der Waals surface area contributed by atoms with Crippen molar-refractivity contribution < 1.29 is 22.7 Å². The van der Waals surface area contributed by atoms with E-state index in [0.29, 0.717) is 32.0 Å². The van der Waals surface area contributed by atoms with E-state index in [9.17, 15) is 13.2 Å². The molecule has 1 aliphatic carbocycles. The predicted molar refractivity (Wildman–Crippen MR) is 92.7 cm³/mol. The zero-order chi connectivity index (χ0) is 17.4. The van der Waals surface area contributed by atoms with Gasteiger partial charge in [0.05, 0.1) is 11.5 Å². The maximum Gasteiger partial charge on any atom is 0.220 e. The Morgan fingerprint density at radius 1 is 1.16 bits per heavy atom. The molecule has 1 aromatic carbocycles. The molecule has 1 aromatic rings. The van der Waals surface area contributed by atoms with Crippen LogP contribution in [0.2, 0.25) is 0 Å². The minimum Gasteiger partial charge on any atom is -0.486 e. The molecule has 136 valence electrons. The van der Waals surface area contributed by atoms with Crippen molar-refractivity contribution in [3.63, 3.8) is 0 Å². The first-order valence-corrected chi connectivity index (χ1v) is 10.7. The summed E-state index contributed by atoms with van der Waals surface area (Å²) >= 11 is 0. The van der Waals surface area contributed by atoms with Gasteiger partial charge in [0, 0.05) is 12.5 Å². The molecule has 6 nitrogen and oxygen atoms in total. The Kier molecular flexibility index (Phi) is 4.35. The largest absolute Gasteiger partial charge is 0.486 e. The zero-order valence-electron chi connectivity index (χ0n) is 14.1. The number of benzene rings is 1. The highest BCUT2D eigenvalue weighted by molar-refractivity contribution is 7.91. The van der Waals surface area contributed by atoms with Gasteiger partial charge in [0.15, 0.2) is 21.3 Å². The zero-order valence-corrected chi connectivity index (χ0v) is 14.9. The standard InChI is InChI=1S/C18H23NO5S/c20-18(19-14-5-8-25(21,22)11-14)10-15(12-1-2-12)13-3-4-16-17(9-13)24-7-6-23-16/h3-4,9,12,14-15H,1-2,5-8,10-11H2,(H,19,20). The Morgan fingerprint density at radius 2 is 1.92 bits per heavy atom. The molecule has 0 bridgehead atoms. The van der Waals surface area contributed by atoms with Crippen molar-refractivity contribution in [1.29, 1.82) is 0 Å². The van der Waals surface area contributed by atoms with Gasteiger partial charge in [-0.25, -0.2) is 8.42 Å². The number of ether oxygens (including phenoxy) is 2. The number of nitrogens with one attached hydrogen (secondary N) is 1. The van der Waals surface area contributed by atoms with Gasteiger partial charge in [-0.2, -0.15) is 0 Å². The van der Waals surface area contributed by atoms with Crippen LogP contribution in [-0.4, -0.2) is 45.1 Å². The fourth-order valence-corrected chi connectivity index (χ4v) is 5.41. The van der Waals surface area contributed by atoms with Crippen LogP contribution in [-0.2, 0) is 14.6 Å². The summed E-state index contributed by atoms with van der Waals surface area (Å²) in [5, 5.41) is 2.91. The molecule has 2 unspecified atom stereocenters. The van der Waals surface area contributed by atoms with Gasteiger partial charge in [0.1, 0.15) is 13.2 Å². The van der Waals surface area contributed by atoms with Gasteiger partial charge >= 0.3 is 0 Å². The van der Waals surface area contributed by atoms with E-state index in [1.807, 2.05) is 18.2 Å². The van der Waals surface area contributed by atoms with Crippen molar-refractivity contribution in [2.75, 3.05) is 24.7 Å². The fourth-order valence-electron chi connectivity index (χ4n) is 3.74. The van der Waals surface area contributed by atoms with Crippen LogP contribution in [0.25, 0.3) is 0 Å². The lowest BCUT2D eigenvalue weighted by molar-refractivity contribution is -0.122. The highest BCUT2D eigenvalue weighted by Gasteiger charge is 2.35. The van der Waals surface area contributed by atoms with Crippen LogP contribution in [0.4, 0.5) is 0 Å². The Hall–Kier alpha value is -1.76. The van der Waals surface area contributed by atoms with Crippen LogP contribution in [0.15, 0.2) is 18.2 Å². The van der Waals surface area contributed by atoms with E-state index in [1.165, 1.54) is 0 Å². The van der Waals surface area contributed by atoms with Crippen LogP contribution in [0.5, 0.6) is 11.5 Å². The first-order valence-electron chi connectivity index (χ1n) is 8.89. The molecule has 1 amide bonds. The number of sulfone groups is 1. The van der Waals surface area contributed by atoms with Crippen LogP contribution < -0.4 is 14.8 Å². The molecule has 2 fully saturated rings. The summed E-state index contributed by atoms with van der Waals surface area (Å²) in [4.78, 5) is 12.5. The maximum atomic E-state index is 12.5. The number of rotatable bonds is 5. The molecule has 7 heteroatoms. The third-order valence-corrected chi connectivity index (χ3v) is 6.96. The van der Waals surface area contributed by atoms with Gasteiger partial charge in [-0.05, 0) is 48.8 Å². The van der Waals surface area contributed by atoms with Gasteiger partial charge < -0.3 is 14.8 Å². The first-order chi connectivity index (χ1) is 12.0. The smallest absolute Gasteiger partial charge is 0.220 e. The number of hydrogen-bond donors (Lipinski definition) is 1. The minimum absolute atomic E-state index is 0.0612. The van der Waals surface area contributed by atoms with Crippen molar-refractivity contribution in [1.82, 2.24) is 5.32 Å². The second kappa shape index (κ2) is 6.52. The van der Waals surface area contributed by atoms with Crippen LogP contribution in [0.1, 0.15) is 37.2 Å². The quantitative estimate of drug-likeness (QED) is 0.858. The summed E-state index contributed by atoms with van der Waals surface area (Å²) in [5.41, 5.74) is 1.10. The molecule has 3 aliphatic rings. The number of carbonyl (C=O) groups is 1. The lowest BCUT2D eigenvalue weighted by Gasteiger charge is -2.22. The number of fused-ring (bicyclic) bond motifs is 1. The van der Waals surface area contributed by atoms with Crippen LogP contribution >= 0.6 is 0 Å². The van der Waals surface area contributed by atoms with Gasteiger partial charge in [-0.1, -0.05) is 6.07 Å². The lowest BCUT2D eigenvalue weighted by Crippen LogP contribution is -2.36. The van der Waals surface area contributed by atoms with Crippen molar-refractivity contribution in [3.8, 4) is 11.5 Å². The summed E-state index contributed by atoms with van der Waals surface area (Å²) in [5.74, 6) is 2.34. The van der Waals surface area contributed by atoms with E-state index in [4.69, 9.17) is 9.47 Å². The average molecular weight is 365 g/mol. The van der Waals surface area contributed by atoms with E-state index in [2.05, 4.69) is 5.32 Å². The lowest BCUT2D eigenvalue weighted by atomic mass is 9.90. The van der Waals surface area contributed by atoms with E-state index in [0.717, 1.165) is 29.9 Å². The summed E-state index contributed by atoms with van der Waals surface area (Å²) in [6, 6.07) is 5.69. The molecule has 0 radical (unpaired) electrons. The van der Waals surface area contributed by atoms with Crippen molar-refractivity contribution in [3.05, 3.63) is 23.8 Å². The van der Waals surface area contributed by atoms with Gasteiger partial charge in [-0.3, -0.25) is 4.79 Å². The Labute approximate surface area is 147 Å². The highest BCUT2D eigenvalue weighted by atomic mass is 32.2.